The van der Waals surface area contributed by atoms with Crippen molar-refractivity contribution in [1.82, 2.24) is 15.5 Å². The van der Waals surface area contributed by atoms with Gasteiger partial charge in [0.1, 0.15) is 0 Å². The molecule has 0 spiro atoms. The maximum atomic E-state index is 3.52. The SMILES string of the molecule is C1CNCCCN2CC(CNC1)C2. The first kappa shape index (κ1) is 9.44. The second-order valence-electron chi connectivity index (χ2n) is 4.29. The third-order valence-corrected chi connectivity index (χ3v) is 3.00. The van der Waals surface area contributed by atoms with Crippen molar-refractivity contribution >= 4 is 0 Å². The van der Waals surface area contributed by atoms with Crippen molar-refractivity contribution in [2.45, 2.75) is 12.8 Å². The van der Waals surface area contributed by atoms with E-state index in [1.807, 2.05) is 0 Å². The molecule has 2 bridgehead atoms. The molecule has 3 rings (SSSR count). The van der Waals surface area contributed by atoms with Crippen LogP contribution in [0.4, 0.5) is 0 Å². The molecule has 0 saturated carbocycles. The Morgan fingerprint density at radius 1 is 0.923 bits per heavy atom. The first-order valence-electron chi connectivity index (χ1n) is 5.59. The molecule has 3 nitrogen and oxygen atoms in total. The molecule has 0 amide bonds. The number of hydrogen-bond acceptors (Lipinski definition) is 3. The second-order valence-corrected chi connectivity index (χ2v) is 4.29. The molecular weight excluding hydrogens is 162 g/mol. The van der Waals surface area contributed by atoms with Gasteiger partial charge >= 0.3 is 0 Å². The van der Waals surface area contributed by atoms with Gasteiger partial charge in [-0.05, 0) is 44.9 Å². The van der Waals surface area contributed by atoms with E-state index >= 15 is 0 Å². The molecule has 13 heavy (non-hydrogen) atoms. The van der Waals surface area contributed by atoms with Gasteiger partial charge < -0.3 is 15.5 Å². The van der Waals surface area contributed by atoms with Gasteiger partial charge in [0.05, 0.1) is 0 Å². The molecule has 2 N–H and O–H groups in total. The van der Waals surface area contributed by atoms with Crippen LogP contribution in [0.3, 0.4) is 0 Å². The molecule has 3 aliphatic rings. The summed E-state index contributed by atoms with van der Waals surface area (Å²) in [6, 6.07) is 0. The highest BCUT2D eigenvalue weighted by molar-refractivity contribution is 4.81. The van der Waals surface area contributed by atoms with Gasteiger partial charge in [0.2, 0.25) is 0 Å². The van der Waals surface area contributed by atoms with E-state index in [0.29, 0.717) is 0 Å². The van der Waals surface area contributed by atoms with Crippen molar-refractivity contribution in [1.29, 1.82) is 0 Å². The lowest BCUT2D eigenvalue weighted by atomic mass is 10.00. The van der Waals surface area contributed by atoms with Gasteiger partial charge in [-0.1, -0.05) is 0 Å². The smallest absolute Gasteiger partial charge is 0.00342 e. The van der Waals surface area contributed by atoms with Crippen LogP contribution in [0.2, 0.25) is 0 Å². The summed E-state index contributed by atoms with van der Waals surface area (Å²) in [4.78, 5) is 2.57. The molecule has 0 unspecified atom stereocenters. The van der Waals surface area contributed by atoms with Gasteiger partial charge in [-0.2, -0.15) is 0 Å². The van der Waals surface area contributed by atoms with E-state index in [0.717, 1.165) is 5.92 Å². The highest BCUT2D eigenvalue weighted by atomic mass is 15.2. The van der Waals surface area contributed by atoms with E-state index < -0.39 is 0 Å². The summed E-state index contributed by atoms with van der Waals surface area (Å²) in [6.07, 6.45) is 2.59. The van der Waals surface area contributed by atoms with Gasteiger partial charge in [-0.3, -0.25) is 0 Å². The Kier molecular flexibility index (Phi) is 3.58. The predicted octanol–water partition coefficient (Wildman–Crippen LogP) is -0.109. The first-order valence-corrected chi connectivity index (χ1v) is 5.59. The largest absolute Gasteiger partial charge is 0.317 e. The van der Waals surface area contributed by atoms with Crippen LogP contribution in [-0.4, -0.2) is 50.7 Å². The highest BCUT2D eigenvalue weighted by Crippen LogP contribution is 2.14. The number of nitrogens with zero attached hydrogens (tertiary/aromatic N) is 1. The summed E-state index contributed by atoms with van der Waals surface area (Å²) in [7, 11) is 0. The monoisotopic (exact) mass is 183 g/mol. The van der Waals surface area contributed by atoms with E-state index in [4.69, 9.17) is 0 Å². The summed E-state index contributed by atoms with van der Waals surface area (Å²) < 4.78 is 0. The van der Waals surface area contributed by atoms with Crippen LogP contribution in [0.15, 0.2) is 0 Å². The maximum absolute atomic E-state index is 3.52. The zero-order chi connectivity index (χ0) is 8.93. The Morgan fingerprint density at radius 2 is 1.69 bits per heavy atom. The minimum Gasteiger partial charge on any atom is -0.317 e. The van der Waals surface area contributed by atoms with Crippen LogP contribution in [0.5, 0.6) is 0 Å². The summed E-state index contributed by atoms with van der Waals surface area (Å²) in [5.74, 6) is 0.937. The van der Waals surface area contributed by atoms with Crippen molar-refractivity contribution in [3.8, 4) is 0 Å². The lowest BCUT2D eigenvalue weighted by Gasteiger charge is -2.39. The Morgan fingerprint density at radius 3 is 2.62 bits per heavy atom. The van der Waals surface area contributed by atoms with Crippen LogP contribution >= 0.6 is 0 Å². The van der Waals surface area contributed by atoms with E-state index in [-0.39, 0.29) is 0 Å². The molecule has 0 aromatic carbocycles. The Bertz CT molecular complexity index is 124. The quantitative estimate of drug-likeness (QED) is 0.549. The summed E-state index contributed by atoms with van der Waals surface area (Å²) in [5.41, 5.74) is 0. The third kappa shape index (κ3) is 2.93. The number of nitrogens with one attached hydrogen (secondary N) is 2. The molecular formula is C10H21N3. The predicted molar refractivity (Wildman–Crippen MR) is 54.9 cm³/mol. The minimum absolute atomic E-state index is 0.937. The van der Waals surface area contributed by atoms with Gasteiger partial charge in [-0.25, -0.2) is 0 Å². The molecule has 0 aromatic rings. The Labute approximate surface area is 80.9 Å². The van der Waals surface area contributed by atoms with Crippen molar-refractivity contribution in [2.24, 2.45) is 5.92 Å². The van der Waals surface area contributed by atoms with E-state index in [1.54, 1.807) is 0 Å². The van der Waals surface area contributed by atoms with Crippen LogP contribution in [0.1, 0.15) is 12.8 Å². The molecule has 0 aliphatic carbocycles. The highest BCUT2D eigenvalue weighted by Gasteiger charge is 2.25. The molecule has 0 aromatic heterocycles. The average molecular weight is 183 g/mol. The standard InChI is InChI=1S/C10H21N3/c1-3-11-5-2-6-13-8-10(9-13)7-12-4-1/h10-12H,1-9H2. The van der Waals surface area contributed by atoms with Crippen molar-refractivity contribution < 1.29 is 0 Å². The fourth-order valence-corrected chi connectivity index (χ4v) is 2.19. The zero-order valence-corrected chi connectivity index (χ0v) is 8.39. The average Bonchev–Trinajstić information content (AvgIpc) is 2.01. The van der Waals surface area contributed by atoms with Crippen LogP contribution in [0.25, 0.3) is 0 Å². The van der Waals surface area contributed by atoms with Crippen molar-refractivity contribution in [3.63, 3.8) is 0 Å². The normalized spacial score (nSPS) is 36.9. The van der Waals surface area contributed by atoms with E-state index in [2.05, 4.69) is 15.5 Å². The summed E-state index contributed by atoms with van der Waals surface area (Å²) in [5, 5.41) is 7.00. The second kappa shape index (κ2) is 4.94. The summed E-state index contributed by atoms with van der Waals surface area (Å²) in [6.45, 7) is 8.74. The Hall–Kier alpha value is -0.120. The molecule has 3 saturated heterocycles. The van der Waals surface area contributed by atoms with Gasteiger partial charge in [-0.15, -0.1) is 0 Å². The molecule has 0 atom stereocenters. The number of hydrogen-bond donors (Lipinski definition) is 2. The third-order valence-electron chi connectivity index (χ3n) is 3.00. The van der Waals surface area contributed by atoms with Crippen molar-refractivity contribution in [3.05, 3.63) is 0 Å². The maximum Gasteiger partial charge on any atom is 0.00342 e. The lowest BCUT2D eigenvalue weighted by Crippen LogP contribution is -2.51. The molecule has 3 fully saturated rings. The molecule has 3 heterocycles. The van der Waals surface area contributed by atoms with Gasteiger partial charge in [0.25, 0.3) is 0 Å². The number of fused-ring (bicyclic) bond motifs is 8. The minimum atomic E-state index is 0.937. The van der Waals surface area contributed by atoms with Crippen LogP contribution in [0, 0.1) is 5.92 Å². The molecule has 76 valence electrons. The molecule has 0 radical (unpaired) electrons. The molecule has 3 aliphatic heterocycles. The van der Waals surface area contributed by atoms with Crippen LogP contribution in [-0.2, 0) is 0 Å². The van der Waals surface area contributed by atoms with Gasteiger partial charge in [0, 0.05) is 19.6 Å². The van der Waals surface area contributed by atoms with E-state index in [9.17, 15) is 0 Å². The van der Waals surface area contributed by atoms with E-state index in [1.165, 1.54) is 58.7 Å². The Balaban J connectivity index is 1.68. The first-order chi connectivity index (χ1) is 6.45. The lowest BCUT2D eigenvalue weighted by molar-refractivity contribution is 0.0975. The topological polar surface area (TPSA) is 27.3 Å². The zero-order valence-electron chi connectivity index (χ0n) is 8.39. The van der Waals surface area contributed by atoms with Crippen molar-refractivity contribution in [2.75, 3.05) is 45.8 Å². The molecule has 3 heteroatoms. The number of rotatable bonds is 0. The van der Waals surface area contributed by atoms with Crippen LogP contribution < -0.4 is 10.6 Å². The fourth-order valence-electron chi connectivity index (χ4n) is 2.19. The fraction of sp³-hybridized carbons (Fsp3) is 1.00. The van der Waals surface area contributed by atoms with Gasteiger partial charge in [0.15, 0.2) is 0 Å². The summed E-state index contributed by atoms with van der Waals surface area (Å²) >= 11 is 0.